The first-order valence-corrected chi connectivity index (χ1v) is 11.3. The maximum absolute atomic E-state index is 13.6. The third kappa shape index (κ3) is 3.58. The number of ether oxygens (including phenoxy) is 1. The van der Waals surface area contributed by atoms with Crippen LogP contribution in [0.25, 0.3) is 0 Å². The Morgan fingerprint density at radius 3 is 2.29 bits per heavy atom. The Kier molecular flexibility index (Phi) is 6.27. The topological polar surface area (TPSA) is 113 Å². The van der Waals surface area contributed by atoms with Gasteiger partial charge >= 0.3 is 11.9 Å². The molecule has 0 saturated carbocycles. The molecule has 2 N–H and O–H groups in total. The van der Waals surface area contributed by atoms with E-state index >= 15 is 0 Å². The fourth-order valence-corrected chi connectivity index (χ4v) is 5.34. The van der Waals surface area contributed by atoms with E-state index in [1.54, 1.807) is 31.2 Å². The van der Waals surface area contributed by atoms with Crippen molar-refractivity contribution in [1.29, 1.82) is 0 Å². The molecule has 0 bridgehead atoms. The zero-order valence-corrected chi connectivity index (χ0v) is 19.4. The van der Waals surface area contributed by atoms with Crippen LogP contribution < -0.4 is 5.32 Å². The molecule has 0 aromatic heterocycles. The summed E-state index contributed by atoms with van der Waals surface area (Å²) in [6, 6.07) is 15.0. The van der Waals surface area contributed by atoms with Crippen LogP contribution in [0.15, 0.2) is 54.6 Å². The number of carboxylic acid groups (broad SMARTS) is 1. The summed E-state index contributed by atoms with van der Waals surface area (Å²) in [5.74, 6) is -4.82. The first-order valence-electron chi connectivity index (χ1n) is 11.3. The summed E-state index contributed by atoms with van der Waals surface area (Å²) in [5.41, 5.74) is 0.174. The van der Waals surface area contributed by atoms with E-state index in [0.717, 1.165) is 5.56 Å². The molecule has 2 aromatic rings. The number of fused-ring (bicyclic) bond motifs is 1. The summed E-state index contributed by atoms with van der Waals surface area (Å²) in [7, 11) is 1.29. The summed E-state index contributed by atoms with van der Waals surface area (Å²) in [6.45, 7) is 3.75. The molecule has 178 valence electrons. The lowest BCUT2D eigenvalue weighted by Gasteiger charge is -2.36. The van der Waals surface area contributed by atoms with Crippen LogP contribution in [0, 0.1) is 17.8 Å². The number of hydrogen-bond acceptors (Lipinski definition) is 6. The molecule has 5 atom stereocenters. The molecule has 4 rings (SSSR count). The van der Waals surface area contributed by atoms with E-state index in [4.69, 9.17) is 4.74 Å². The van der Waals surface area contributed by atoms with Gasteiger partial charge in [-0.2, -0.15) is 0 Å². The second-order valence-corrected chi connectivity index (χ2v) is 8.97. The molecular weight excluding hydrogens is 436 g/mol. The van der Waals surface area contributed by atoms with Crippen LogP contribution >= 0.6 is 0 Å². The van der Waals surface area contributed by atoms with Crippen LogP contribution in [-0.4, -0.2) is 46.4 Å². The Labute approximate surface area is 197 Å². The van der Waals surface area contributed by atoms with Gasteiger partial charge in [0.15, 0.2) is 0 Å². The summed E-state index contributed by atoms with van der Waals surface area (Å²) in [5, 5.41) is 13.6. The van der Waals surface area contributed by atoms with Gasteiger partial charge in [0.1, 0.15) is 5.54 Å². The minimum atomic E-state index is -1.59. The molecule has 0 spiro atoms. The number of likely N-dealkylation sites (tertiary alicyclic amines) is 1. The monoisotopic (exact) mass is 464 g/mol. The van der Waals surface area contributed by atoms with Crippen molar-refractivity contribution in [3.05, 3.63) is 71.3 Å². The van der Waals surface area contributed by atoms with Gasteiger partial charge in [-0.25, -0.2) is 4.79 Å². The molecule has 2 aromatic carbocycles. The van der Waals surface area contributed by atoms with Crippen LogP contribution in [0.4, 0.5) is 0 Å². The number of amides is 2. The number of benzene rings is 2. The number of esters is 1. The third-order valence-corrected chi connectivity index (χ3v) is 7.30. The first-order chi connectivity index (χ1) is 16.3. The van der Waals surface area contributed by atoms with Crippen LogP contribution in [-0.2, 0) is 25.7 Å². The molecule has 2 aliphatic rings. The van der Waals surface area contributed by atoms with Crippen LogP contribution in [0.3, 0.4) is 0 Å². The minimum Gasteiger partial charge on any atom is -0.480 e. The normalized spacial score (nSPS) is 26.9. The molecule has 8 nitrogen and oxygen atoms in total. The lowest BCUT2D eigenvalue weighted by Crippen LogP contribution is -2.59. The molecule has 2 amide bonds. The highest BCUT2D eigenvalue weighted by molar-refractivity contribution is 6.09. The SMILES string of the molecule is CCC(C)C1(C(=O)O)NC(c2ccc(C(=O)OC)cc2)C2C(=O)N(Cc3ccccc3)C(=O)C21. The standard InChI is InChI=1S/C26H28N2O6/c1-4-15(2)26(25(32)33)20-19(21(27-26)17-10-12-18(13-11-17)24(31)34-3)22(29)28(23(20)30)14-16-8-6-5-7-9-16/h5-13,15,19-21,27H,4,14H2,1-3H3,(H,32,33). The Bertz CT molecular complexity index is 1120. The molecule has 0 aliphatic carbocycles. The van der Waals surface area contributed by atoms with Gasteiger partial charge in [-0.15, -0.1) is 0 Å². The van der Waals surface area contributed by atoms with E-state index in [1.807, 2.05) is 37.3 Å². The highest BCUT2D eigenvalue weighted by Gasteiger charge is 2.69. The van der Waals surface area contributed by atoms with Gasteiger partial charge < -0.3 is 9.84 Å². The number of hydrogen-bond donors (Lipinski definition) is 2. The number of aliphatic carboxylic acids is 1. The van der Waals surface area contributed by atoms with Gasteiger partial charge in [0.2, 0.25) is 11.8 Å². The number of carbonyl (C=O) groups excluding carboxylic acids is 3. The average Bonchev–Trinajstić information content (AvgIpc) is 3.34. The fourth-order valence-electron chi connectivity index (χ4n) is 5.34. The molecule has 5 unspecified atom stereocenters. The predicted octanol–water partition coefficient (Wildman–Crippen LogP) is 2.79. The van der Waals surface area contributed by atoms with E-state index in [0.29, 0.717) is 17.5 Å². The summed E-state index contributed by atoms with van der Waals surface area (Å²) in [4.78, 5) is 53.0. The number of carbonyl (C=O) groups is 4. The Balaban J connectivity index is 1.78. The van der Waals surface area contributed by atoms with E-state index in [-0.39, 0.29) is 12.5 Å². The lowest BCUT2D eigenvalue weighted by molar-refractivity contribution is -0.154. The van der Waals surface area contributed by atoms with E-state index in [2.05, 4.69) is 5.32 Å². The van der Waals surface area contributed by atoms with Crippen molar-refractivity contribution >= 4 is 23.8 Å². The van der Waals surface area contributed by atoms with Gasteiger partial charge in [-0.05, 0) is 29.2 Å². The maximum atomic E-state index is 13.6. The fraction of sp³-hybridized carbons (Fsp3) is 0.385. The van der Waals surface area contributed by atoms with Crippen molar-refractivity contribution in [3.63, 3.8) is 0 Å². The highest BCUT2D eigenvalue weighted by Crippen LogP contribution is 2.52. The predicted molar refractivity (Wildman–Crippen MR) is 122 cm³/mol. The summed E-state index contributed by atoms with van der Waals surface area (Å²) in [6.07, 6.45) is 0.511. The van der Waals surface area contributed by atoms with Crippen molar-refractivity contribution in [2.75, 3.05) is 7.11 Å². The molecule has 34 heavy (non-hydrogen) atoms. The van der Waals surface area contributed by atoms with E-state index in [1.165, 1.54) is 12.0 Å². The summed E-state index contributed by atoms with van der Waals surface area (Å²) < 4.78 is 4.75. The van der Waals surface area contributed by atoms with Gasteiger partial charge in [0, 0.05) is 6.04 Å². The number of carboxylic acids is 1. The molecule has 2 fully saturated rings. The summed E-state index contributed by atoms with van der Waals surface area (Å²) >= 11 is 0. The number of imide groups is 1. The quantitative estimate of drug-likeness (QED) is 0.479. The zero-order valence-electron chi connectivity index (χ0n) is 19.4. The highest BCUT2D eigenvalue weighted by atomic mass is 16.5. The van der Waals surface area contributed by atoms with E-state index < -0.39 is 47.2 Å². The van der Waals surface area contributed by atoms with Gasteiger partial charge in [0.25, 0.3) is 0 Å². The molecule has 0 radical (unpaired) electrons. The van der Waals surface area contributed by atoms with Crippen molar-refractivity contribution in [2.24, 2.45) is 17.8 Å². The Hall–Kier alpha value is -3.52. The van der Waals surface area contributed by atoms with Crippen LogP contribution in [0.5, 0.6) is 0 Å². The largest absolute Gasteiger partial charge is 0.480 e. The first kappa shape index (κ1) is 23.6. The molecule has 2 aliphatic heterocycles. The number of nitrogens with one attached hydrogen (secondary N) is 1. The van der Waals surface area contributed by atoms with Crippen molar-refractivity contribution in [2.45, 2.75) is 38.4 Å². The van der Waals surface area contributed by atoms with Crippen molar-refractivity contribution < 1.29 is 29.0 Å². The van der Waals surface area contributed by atoms with Gasteiger partial charge in [-0.3, -0.25) is 24.6 Å². The molecule has 2 heterocycles. The Morgan fingerprint density at radius 1 is 1.09 bits per heavy atom. The Morgan fingerprint density at radius 2 is 1.74 bits per heavy atom. The number of methoxy groups -OCH3 is 1. The van der Waals surface area contributed by atoms with Crippen molar-refractivity contribution in [3.8, 4) is 0 Å². The zero-order chi connectivity index (χ0) is 24.6. The second-order valence-electron chi connectivity index (χ2n) is 8.97. The second kappa shape index (κ2) is 9.02. The third-order valence-electron chi connectivity index (χ3n) is 7.30. The minimum absolute atomic E-state index is 0.0930. The molecule has 8 heteroatoms. The molecular formula is C26H28N2O6. The van der Waals surface area contributed by atoms with Crippen LogP contribution in [0.2, 0.25) is 0 Å². The van der Waals surface area contributed by atoms with Crippen LogP contribution in [0.1, 0.15) is 47.8 Å². The smallest absolute Gasteiger partial charge is 0.337 e. The number of rotatable bonds is 7. The maximum Gasteiger partial charge on any atom is 0.337 e. The van der Waals surface area contributed by atoms with Gasteiger partial charge in [-0.1, -0.05) is 62.7 Å². The van der Waals surface area contributed by atoms with Crippen molar-refractivity contribution in [1.82, 2.24) is 10.2 Å². The lowest BCUT2D eigenvalue weighted by atomic mass is 9.72. The number of nitrogens with zero attached hydrogens (tertiary/aromatic N) is 1. The molecule has 2 saturated heterocycles. The van der Waals surface area contributed by atoms with E-state index in [9.17, 15) is 24.3 Å². The van der Waals surface area contributed by atoms with Gasteiger partial charge in [0.05, 0.1) is 31.1 Å². The average molecular weight is 465 g/mol.